The van der Waals surface area contributed by atoms with Crippen LogP contribution in [-0.4, -0.2) is 65.9 Å². The van der Waals surface area contributed by atoms with Gasteiger partial charge in [0, 0.05) is 19.1 Å². The first kappa shape index (κ1) is 20.8. The minimum atomic E-state index is -0.759. The number of imide groups is 1. The number of hydrogen-bond acceptors (Lipinski definition) is 4. The Labute approximate surface area is 178 Å². The van der Waals surface area contributed by atoms with Crippen LogP contribution in [0.4, 0.5) is 4.79 Å². The van der Waals surface area contributed by atoms with Crippen molar-refractivity contribution in [3.63, 3.8) is 0 Å². The van der Waals surface area contributed by atoms with E-state index >= 15 is 0 Å². The van der Waals surface area contributed by atoms with E-state index in [4.69, 9.17) is 0 Å². The SMILES string of the molecule is O=C(CC1NC(=O)N(CCc2ccccc2)C1=O)NCC1CCCN2CCCC[C@H]12. The van der Waals surface area contributed by atoms with Gasteiger partial charge in [0.1, 0.15) is 6.04 Å². The highest BCUT2D eigenvalue weighted by atomic mass is 16.2. The fourth-order valence-electron chi connectivity index (χ4n) is 5.13. The van der Waals surface area contributed by atoms with Gasteiger partial charge in [0.25, 0.3) is 5.91 Å². The zero-order valence-corrected chi connectivity index (χ0v) is 17.5. The van der Waals surface area contributed by atoms with Crippen molar-refractivity contribution in [3.8, 4) is 0 Å². The van der Waals surface area contributed by atoms with E-state index in [1.54, 1.807) is 0 Å². The number of fused-ring (bicyclic) bond motifs is 1. The molecule has 3 saturated heterocycles. The molecule has 4 rings (SSSR count). The summed E-state index contributed by atoms with van der Waals surface area (Å²) < 4.78 is 0. The summed E-state index contributed by atoms with van der Waals surface area (Å²) >= 11 is 0. The molecule has 3 fully saturated rings. The van der Waals surface area contributed by atoms with E-state index in [0.29, 0.717) is 31.5 Å². The second-order valence-electron chi connectivity index (χ2n) is 8.74. The van der Waals surface area contributed by atoms with Crippen LogP contribution in [0, 0.1) is 5.92 Å². The van der Waals surface area contributed by atoms with Crippen LogP contribution in [0.1, 0.15) is 44.1 Å². The first-order chi connectivity index (χ1) is 14.6. The van der Waals surface area contributed by atoms with E-state index in [2.05, 4.69) is 15.5 Å². The highest BCUT2D eigenvalue weighted by Crippen LogP contribution is 2.30. The Morgan fingerprint density at radius 2 is 1.87 bits per heavy atom. The molecule has 3 atom stereocenters. The number of carbonyl (C=O) groups excluding carboxylic acids is 3. The van der Waals surface area contributed by atoms with Crippen LogP contribution in [0.15, 0.2) is 30.3 Å². The molecular formula is C23H32N4O3. The largest absolute Gasteiger partial charge is 0.356 e. The number of rotatable bonds is 7. The minimum absolute atomic E-state index is 0.00745. The monoisotopic (exact) mass is 412 g/mol. The van der Waals surface area contributed by atoms with Gasteiger partial charge in [0.15, 0.2) is 0 Å². The molecule has 7 heteroatoms. The van der Waals surface area contributed by atoms with E-state index in [-0.39, 0.29) is 18.2 Å². The number of nitrogens with zero attached hydrogens (tertiary/aromatic N) is 2. The average molecular weight is 413 g/mol. The molecule has 0 aromatic heterocycles. The lowest BCUT2D eigenvalue weighted by Gasteiger charge is -2.44. The van der Waals surface area contributed by atoms with Gasteiger partial charge in [0.2, 0.25) is 5.91 Å². The van der Waals surface area contributed by atoms with Gasteiger partial charge in [0.05, 0.1) is 6.42 Å². The first-order valence-corrected chi connectivity index (χ1v) is 11.3. The normalized spacial score (nSPS) is 26.9. The molecule has 30 heavy (non-hydrogen) atoms. The molecule has 0 saturated carbocycles. The van der Waals surface area contributed by atoms with E-state index in [9.17, 15) is 14.4 Å². The van der Waals surface area contributed by atoms with Gasteiger partial charge in [-0.05, 0) is 56.7 Å². The molecule has 7 nitrogen and oxygen atoms in total. The summed E-state index contributed by atoms with van der Waals surface area (Å²) in [6, 6.07) is 9.17. The summed E-state index contributed by atoms with van der Waals surface area (Å²) in [6.07, 6.45) is 6.71. The van der Waals surface area contributed by atoms with Crippen LogP contribution in [0.25, 0.3) is 0 Å². The highest BCUT2D eigenvalue weighted by Gasteiger charge is 2.39. The third-order valence-corrected chi connectivity index (χ3v) is 6.75. The molecule has 0 aliphatic carbocycles. The first-order valence-electron chi connectivity index (χ1n) is 11.3. The second-order valence-corrected chi connectivity index (χ2v) is 8.74. The lowest BCUT2D eigenvalue weighted by Crippen LogP contribution is -2.51. The molecule has 1 aromatic carbocycles. The van der Waals surface area contributed by atoms with Crippen LogP contribution >= 0.6 is 0 Å². The molecule has 2 unspecified atom stereocenters. The summed E-state index contributed by atoms with van der Waals surface area (Å²) in [5.74, 6) is 0.0212. The molecule has 1 aromatic rings. The topological polar surface area (TPSA) is 81.8 Å². The third kappa shape index (κ3) is 4.83. The van der Waals surface area contributed by atoms with E-state index < -0.39 is 12.1 Å². The summed E-state index contributed by atoms with van der Waals surface area (Å²) in [7, 11) is 0. The Morgan fingerprint density at radius 3 is 2.70 bits per heavy atom. The Balaban J connectivity index is 1.24. The number of hydrogen-bond donors (Lipinski definition) is 2. The number of urea groups is 1. The summed E-state index contributed by atoms with van der Waals surface area (Å²) in [5, 5.41) is 5.71. The molecule has 4 amide bonds. The maximum absolute atomic E-state index is 12.6. The molecule has 2 N–H and O–H groups in total. The van der Waals surface area contributed by atoms with Gasteiger partial charge in [-0.3, -0.25) is 14.5 Å². The van der Waals surface area contributed by atoms with Crippen molar-refractivity contribution >= 4 is 17.8 Å². The fourth-order valence-corrected chi connectivity index (χ4v) is 5.13. The molecule has 3 aliphatic rings. The summed E-state index contributed by atoms with van der Waals surface area (Å²) in [5.41, 5.74) is 1.07. The van der Waals surface area contributed by atoms with Gasteiger partial charge < -0.3 is 15.5 Å². The van der Waals surface area contributed by atoms with Crippen molar-refractivity contribution in [3.05, 3.63) is 35.9 Å². The molecule has 0 radical (unpaired) electrons. The smallest absolute Gasteiger partial charge is 0.324 e. The number of piperidine rings is 2. The Kier molecular flexibility index (Phi) is 6.67. The van der Waals surface area contributed by atoms with Gasteiger partial charge in [-0.1, -0.05) is 36.8 Å². The predicted octanol–water partition coefficient (Wildman–Crippen LogP) is 1.92. The van der Waals surface area contributed by atoms with Crippen LogP contribution in [0.5, 0.6) is 0 Å². The number of amides is 4. The molecule has 162 valence electrons. The number of nitrogens with one attached hydrogen (secondary N) is 2. The predicted molar refractivity (Wildman–Crippen MR) is 114 cm³/mol. The van der Waals surface area contributed by atoms with Crippen LogP contribution in [-0.2, 0) is 16.0 Å². The van der Waals surface area contributed by atoms with Crippen LogP contribution in [0.2, 0.25) is 0 Å². The molecular weight excluding hydrogens is 380 g/mol. The third-order valence-electron chi connectivity index (χ3n) is 6.75. The Morgan fingerprint density at radius 1 is 1.07 bits per heavy atom. The zero-order valence-electron chi connectivity index (χ0n) is 17.5. The van der Waals surface area contributed by atoms with Gasteiger partial charge in [-0.25, -0.2) is 4.79 Å². The van der Waals surface area contributed by atoms with Crippen molar-refractivity contribution < 1.29 is 14.4 Å². The minimum Gasteiger partial charge on any atom is -0.356 e. The highest BCUT2D eigenvalue weighted by molar-refractivity contribution is 6.05. The average Bonchev–Trinajstić information content (AvgIpc) is 3.03. The maximum Gasteiger partial charge on any atom is 0.324 e. The van der Waals surface area contributed by atoms with E-state index in [0.717, 1.165) is 12.0 Å². The van der Waals surface area contributed by atoms with Crippen molar-refractivity contribution in [2.24, 2.45) is 5.92 Å². The second kappa shape index (κ2) is 9.60. The standard InChI is InChI=1S/C23H32N4O3/c28-21(24-16-18-9-6-13-26-12-5-4-10-20(18)26)15-19-22(29)27(23(30)25-19)14-11-17-7-2-1-3-8-17/h1-3,7-8,18-20H,4-6,9-16H2,(H,24,28)(H,25,30)/t18?,19?,20-/m1/s1. The quantitative estimate of drug-likeness (QED) is 0.671. The lowest BCUT2D eigenvalue weighted by atomic mass is 9.83. The molecule has 3 heterocycles. The van der Waals surface area contributed by atoms with E-state index in [1.807, 2.05) is 30.3 Å². The summed E-state index contributed by atoms with van der Waals surface area (Å²) in [6.45, 7) is 3.34. The summed E-state index contributed by atoms with van der Waals surface area (Å²) in [4.78, 5) is 41.1. The van der Waals surface area contributed by atoms with Crippen molar-refractivity contribution in [1.29, 1.82) is 0 Å². The Bertz CT molecular complexity index is 767. The molecule has 0 spiro atoms. The maximum atomic E-state index is 12.6. The molecule has 0 bridgehead atoms. The number of carbonyl (C=O) groups is 3. The van der Waals surface area contributed by atoms with Crippen molar-refractivity contribution in [2.75, 3.05) is 26.2 Å². The van der Waals surface area contributed by atoms with Gasteiger partial charge in [-0.2, -0.15) is 0 Å². The van der Waals surface area contributed by atoms with Gasteiger partial charge in [-0.15, -0.1) is 0 Å². The van der Waals surface area contributed by atoms with Crippen LogP contribution < -0.4 is 10.6 Å². The van der Waals surface area contributed by atoms with E-state index in [1.165, 1.54) is 43.7 Å². The zero-order chi connectivity index (χ0) is 20.9. The van der Waals surface area contributed by atoms with Gasteiger partial charge >= 0.3 is 6.03 Å². The van der Waals surface area contributed by atoms with Crippen molar-refractivity contribution in [2.45, 2.75) is 57.0 Å². The lowest BCUT2D eigenvalue weighted by molar-refractivity contribution is -0.131. The molecule has 3 aliphatic heterocycles. The number of benzene rings is 1. The fraction of sp³-hybridized carbons (Fsp3) is 0.609. The van der Waals surface area contributed by atoms with Crippen molar-refractivity contribution in [1.82, 2.24) is 20.4 Å². The Hall–Kier alpha value is -2.41. The van der Waals surface area contributed by atoms with Crippen LogP contribution in [0.3, 0.4) is 0 Å².